The van der Waals surface area contributed by atoms with E-state index in [1.807, 2.05) is 47.4 Å². The van der Waals surface area contributed by atoms with Crippen molar-refractivity contribution in [1.29, 1.82) is 0 Å². The molecule has 4 aliphatic rings. The van der Waals surface area contributed by atoms with Crippen molar-refractivity contribution in [2.24, 2.45) is 22.9 Å². The van der Waals surface area contributed by atoms with Gasteiger partial charge >= 0.3 is 0 Å². The van der Waals surface area contributed by atoms with E-state index < -0.39 is 17.7 Å². The highest BCUT2D eigenvalue weighted by molar-refractivity contribution is 6.03. The maximum Gasteiger partial charge on any atom is 0.254 e. The summed E-state index contributed by atoms with van der Waals surface area (Å²) in [4.78, 5) is 22.5. The maximum absolute atomic E-state index is 15.0. The molecule has 2 aliphatic heterocycles. The highest BCUT2D eigenvalue weighted by Gasteiger charge is 2.65. The van der Waals surface area contributed by atoms with Crippen LogP contribution >= 0.6 is 0 Å². The van der Waals surface area contributed by atoms with E-state index in [2.05, 4.69) is 49.9 Å². The largest absolute Gasteiger partial charge is 0.459 e. The number of aliphatic hydroxyl groups excluding tert-OH is 2. The fourth-order valence-corrected chi connectivity index (χ4v) is 10.1. The molecule has 2 heterocycles. The lowest BCUT2D eigenvalue weighted by atomic mass is 9.55. The molecule has 62 heavy (non-hydrogen) atoms. The average molecular weight is 843 g/mol. The monoisotopic (exact) mass is 842 g/mol. The first kappa shape index (κ1) is 43.0. The third-order valence-corrected chi connectivity index (χ3v) is 12.8. The van der Waals surface area contributed by atoms with Crippen LogP contribution in [0.2, 0.25) is 0 Å². The molecule has 8 rings (SSSR count). The number of carbonyl (C=O) groups is 1. The number of allylic oxidation sites excluding steroid dienone is 1. The lowest BCUT2D eigenvalue weighted by Crippen LogP contribution is -2.70. The predicted octanol–water partition coefficient (Wildman–Crippen LogP) is 9.69. The van der Waals surface area contributed by atoms with Gasteiger partial charge in [0.05, 0.1) is 18.2 Å². The first-order valence-electron chi connectivity index (χ1n) is 22.1. The molecule has 0 bridgehead atoms. The fraction of sp³-hybridized carbons (Fsp3) is 0.412. The van der Waals surface area contributed by atoms with Gasteiger partial charge in [0.15, 0.2) is 11.5 Å². The summed E-state index contributed by atoms with van der Waals surface area (Å²) >= 11 is 0. The van der Waals surface area contributed by atoms with Crippen molar-refractivity contribution in [3.8, 4) is 39.9 Å². The number of hydrogen-bond donors (Lipinski definition) is 2. The van der Waals surface area contributed by atoms with E-state index in [4.69, 9.17) is 33.7 Å². The second-order valence-electron chi connectivity index (χ2n) is 16.5. The molecule has 2 N–H and O–H groups in total. The molecule has 1 fully saturated rings. The van der Waals surface area contributed by atoms with Gasteiger partial charge in [-0.1, -0.05) is 79.5 Å². The molecule has 6 atom stereocenters. The number of carbonyl (C=O) groups excluding carboxylic acids is 1. The van der Waals surface area contributed by atoms with E-state index in [9.17, 15) is 15.0 Å². The van der Waals surface area contributed by atoms with Crippen LogP contribution < -0.4 is 18.9 Å². The second-order valence-corrected chi connectivity index (χ2v) is 16.5. The van der Waals surface area contributed by atoms with Crippen LogP contribution in [0.15, 0.2) is 120 Å². The van der Waals surface area contributed by atoms with Crippen LogP contribution in [0.3, 0.4) is 0 Å². The molecule has 326 valence electrons. The Kier molecular flexibility index (Phi) is 13.6. The highest BCUT2D eigenvalue weighted by atomic mass is 16.7. The number of hydrogen-bond acceptors (Lipinski definition) is 10. The van der Waals surface area contributed by atoms with Crippen LogP contribution in [-0.2, 0) is 9.57 Å². The van der Waals surface area contributed by atoms with Gasteiger partial charge in [0.2, 0.25) is 12.6 Å². The van der Waals surface area contributed by atoms with E-state index in [0.29, 0.717) is 66.5 Å². The van der Waals surface area contributed by atoms with Crippen LogP contribution in [-0.4, -0.2) is 78.8 Å². The zero-order valence-electron chi connectivity index (χ0n) is 35.7. The van der Waals surface area contributed by atoms with Gasteiger partial charge in [-0.3, -0.25) is 4.79 Å². The first-order valence-corrected chi connectivity index (χ1v) is 22.1. The number of ether oxygens (including phenoxy) is 5. The zero-order chi connectivity index (χ0) is 43.1. The topological polar surface area (TPSA) is 129 Å². The van der Waals surface area contributed by atoms with Crippen molar-refractivity contribution < 1.29 is 43.5 Å². The van der Waals surface area contributed by atoms with Crippen molar-refractivity contribution >= 4 is 11.6 Å². The number of unbranched alkanes of at least 4 members (excludes halogenated alkanes) is 2. The molecule has 0 saturated heterocycles. The molecule has 2 aliphatic carbocycles. The van der Waals surface area contributed by atoms with Gasteiger partial charge < -0.3 is 43.6 Å². The summed E-state index contributed by atoms with van der Waals surface area (Å²) in [7, 11) is 1.56. The first-order chi connectivity index (χ1) is 30.4. The number of fused-ring (bicyclic) bond motifs is 3. The summed E-state index contributed by atoms with van der Waals surface area (Å²) in [6.07, 6.45) is 9.76. The van der Waals surface area contributed by atoms with Gasteiger partial charge in [0.1, 0.15) is 30.4 Å². The molecular formula is C51H58N2O9. The Labute approximate surface area is 364 Å². The Hall–Kier alpha value is -5.62. The van der Waals surface area contributed by atoms with E-state index in [-0.39, 0.29) is 50.3 Å². The normalized spacial score (nSPS) is 23.7. The Morgan fingerprint density at radius 3 is 2.35 bits per heavy atom. The summed E-state index contributed by atoms with van der Waals surface area (Å²) in [5.41, 5.74) is 5.40. The third kappa shape index (κ3) is 8.58. The fourth-order valence-electron chi connectivity index (χ4n) is 10.1. The van der Waals surface area contributed by atoms with Gasteiger partial charge in [0, 0.05) is 43.2 Å². The lowest BCUT2D eigenvalue weighted by Gasteiger charge is -2.60. The second kappa shape index (κ2) is 19.6. The average Bonchev–Trinajstić information content (AvgIpc) is 3.78. The summed E-state index contributed by atoms with van der Waals surface area (Å²) in [6.45, 7) is 7.02. The number of oxime groups is 1. The summed E-state index contributed by atoms with van der Waals surface area (Å²) in [6, 6.07) is 29.0. The number of aliphatic hydroxyl groups is 2. The van der Waals surface area contributed by atoms with Gasteiger partial charge in [0.25, 0.3) is 5.91 Å². The van der Waals surface area contributed by atoms with Crippen LogP contribution in [0.5, 0.6) is 28.7 Å². The minimum atomic E-state index is -1.37. The van der Waals surface area contributed by atoms with Crippen molar-refractivity contribution in [3.05, 3.63) is 126 Å². The minimum absolute atomic E-state index is 0.0792. The van der Waals surface area contributed by atoms with Crippen molar-refractivity contribution in [2.75, 3.05) is 40.3 Å². The maximum atomic E-state index is 15.0. The lowest BCUT2D eigenvalue weighted by molar-refractivity contribution is -0.254. The van der Waals surface area contributed by atoms with Gasteiger partial charge in [-0.05, 0) is 109 Å². The van der Waals surface area contributed by atoms with Crippen molar-refractivity contribution in [1.82, 2.24) is 4.90 Å². The molecule has 6 unspecified atom stereocenters. The summed E-state index contributed by atoms with van der Waals surface area (Å²) in [5.74, 6) is 1.18. The quantitative estimate of drug-likeness (QED) is 0.0539. The van der Waals surface area contributed by atoms with Crippen LogP contribution in [0, 0.1) is 17.8 Å². The molecule has 0 aromatic heterocycles. The Morgan fingerprint density at radius 1 is 0.887 bits per heavy atom. The van der Waals surface area contributed by atoms with Crippen LogP contribution in [0.1, 0.15) is 80.1 Å². The Morgan fingerprint density at radius 2 is 1.61 bits per heavy atom. The Bertz CT molecular complexity index is 2240. The predicted molar refractivity (Wildman–Crippen MR) is 238 cm³/mol. The number of benzene rings is 4. The van der Waals surface area contributed by atoms with Gasteiger partial charge in [-0.15, -0.1) is 6.58 Å². The highest BCUT2D eigenvalue weighted by Crippen LogP contribution is 2.62. The minimum Gasteiger partial charge on any atom is -0.459 e. The zero-order valence-corrected chi connectivity index (χ0v) is 35.7. The molecule has 1 saturated carbocycles. The van der Waals surface area contributed by atoms with Crippen molar-refractivity contribution in [3.63, 3.8) is 0 Å². The number of nitrogens with zero attached hydrogens (tertiary/aromatic N) is 2. The number of rotatable bonds is 19. The van der Waals surface area contributed by atoms with E-state index in [1.54, 1.807) is 31.4 Å². The standard InChI is InChI=1S/C51H58N2O9/c1-4-25-53(50(56)37-19-23-45-46(30-37)59-33-58-45)47-32-43(52-57-3)41-29-36(15-9-11-26-54)40(16-10-12-27-55)48-42-31-39(22-24-44(42)62-51(47,49(41)48)60-28-5-2)61-38-20-17-35(18-21-38)34-13-7-6-8-14-34/h5-8,13-14,17-24,29-31,36,40,47-49,54-55H,2,4,9-12,15-16,25-28,32-33H2,1,3H3. The van der Waals surface area contributed by atoms with Crippen LogP contribution in [0.4, 0.5) is 0 Å². The summed E-state index contributed by atoms with van der Waals surface area (Å²) < 4.78 is 32.4. The van der Waals surface area contributed by atoms with E-state index in [0.717, 1.165) is 53.7 Å². The molecule has 1 amide bonds. The molecule has 0 radical (unpaired) electrons. The van der Waals surface area contributed by atoms with Crippen LogP contribution in [0.25, 0.3) is 11.1 Å². The SMILES string of the molecule is C=CCOC12Oc3ccc(Oc4ccc(-c5ccccc5)cc4)cc3C3C(CCCCO)C(CCCCO)C=C(C(=NOC)CC1N(CCC)C(=O)c1ccc4c(c1)OCO4)C32. The van der Waals surface area contributed by atoms with E-state index in [1.165, 1.54) is 0 Å². The third-order valence-electron chi connectivity index (χ3n) is 12.8. The molecule has 0 spiro atoms. The van der Waals surface area contributed by atoms with E-state index >= 15 is 0 Å². The Balaban J connectivity index is 1.27. The van der Waals surface area contributed by atoms with Gasteiger partial charge in [-0.2, -0.15) is 0 Å². The summed E-state index contributed by atoms with van der Waals surface area (Å²) in [5, 5.41) is 24.6. The van der Waals surface area contributed by atoms with Crippen molar-refractivity contribution in [2.45, 2.75) is 76.0 Å². The van der Waals surface area contributed by atoms with Gasteiger partial charge in [-0.25, -0.2) is 0 Å². The molecule has 11 heteroatoms. The molecule has 4 aromatic rings. The molecule has 4 aromatic carbocycles. The number of amides is 1. The molecular weight excluding hydrogens is 785 g/mol. The smallest absolute Gasteiger partial charge is 0.254 e. The molecule has 11 nitrogen and oxygen atoms in total.